The van der Waals surface area contributed by atoms with E-state index in [0.29, 0.717) is 24.3 Å². The van der Waals surface area contributed by atoms with Crippen molar-refractivity contribution in [2.24, 2.45) is 11.7 Å². The molecule has 7 N–H and O–H groups in total. The first-order valence-electron chi connectivity index (χ1n) is 10.1. The molecule has 0 radical (unpaired) electrons. The molecular weight excluding hydrogens is 444 g/mol. The summed E-state index contributed by atoms with van der Waals surface area (Å²) in [5, 5.41) is 26.2. The molecular formula is C19H36N4O6S2. The summed E-state index contributed by atoms with van der Waals surface area (Å²) in [6, 6.07) is -4.19. The van der Waals surface area contributed by atoms with E-state index in [1.807, 2.05) is 26.4 Å². The van der Waals surface area contributed by atoms with Gasteiger partial charge in [0.2, 0.25) is 17.7 Å². The minimum absolute atomic E-state index is 0.203. The van der Waals surface area contributed by atoms with Gasteiger partial charge in [0.05, 0.1) is 12.6 Å². The highest BCUT2D eigenvalue weighted by atomic mass is 32.2. The first kappa shape index (κ1) is 29.5. The number of amides is 3. The van der Waals surface area contributed by atoms with Crippen LogP contribution in [-0.2, 0) is 19.2 Å². The minimum Gasteiger partial charge on any atom is -0.480 e. The van der Waals surface area contributed by atoms with E-state index in [0.717, 1.165) is 0 Å². The van der Waals surface area contributed by atoms with Crippen molar-refractivity contribution >= 4 is 47.2 Å². The standard InChI is InChI=1S/C19H36N4O6S2/c1-11(2)9-12(20)16(25)21-13(5-7-30-3)17(26)23-15(10-24)18(27)22-14(19(28)29)6-8-31-4/h11-15,24H,5-10,20H2,1-4H3,(H,21,25)(H,22,27)(H,23,26)(H,28,29). The number of aliphatic carboxylic acids is 1. The van der Waals surface area contributed by atoms with Crippen molar-refractivity contribution < 1.29 is 29.4 Å². The monoisotopic (exact) mass is 480 g/mol. The van der Waals surface area contributed by atoms with E-state index in [1.165, 1.54) is 23.5 Å². The van der Waals surface area contributed by atoms with Crippen molar-refractivity contribution in [2.75, 3.05) is 30.6 Å². The maximum atomic E-state index is 12.7. The Balaban J connectivity index is 5.14. The zero-order valence-corrected chi connectivity index (χ0v) is 20.2. The smallest absolute Gasteiger partial charge is 0.326 e. The lowest BCUT2D eigenvalue weighted by atomic mass is 10.0. The molecule has 0 aliphatic carbocycles. The maximum absolute atomic E-state index is 12.7. The fourth-order valence-electron chi connectivity index (χ4n) is 2.63. The zero-order chi connectivity index (χ0) is 24.0. The first-order valence-corrected chi connectivity index (χ1v) is 12.8. The number of nitrogens with two attached hydrogens (primary N) is 1. The quantitative estimate of drug-likeness (QED) is 0.169. The van der Waals surface area contributed by atoms with Crippen LogP contribution in [0.5, 0.6) is 0 Å². The first-order chi connectivity index (χ1) is 14.6. The van der Waals surface area contributed by atoms with Gasteiger partial charge in [0.15, 0.2) is 0 Å². The van der Waals surface area contributed by atoms with E-state index in [-0.39, 0.29) is 12.3 Å². The maximum Gasteiger partial charge on any atom is 0.326 e. The highest BCUT2D eigenvalue weighted by Gasteiger charge is 2.29. The van der Waals surface area contributed by atoms with Crippen LogP contribution in [0.1, 0.15) is 33.1 Å². The predicted molar refractivity (Wildman–Crippen MR) is 124 cm³/mol. The van der Waals surface area contributed by atoms with Crippen molar-refractivity contribution in [1.29, 1.82) is 0 Å². The molecule has 4 unspecified atom stereocenters. The number of hydrogen-bond donors (Lipinski definition) is 6. The van der Waals surface area contributed by atoms with Gasteiger partial charge in [-0.15, -0.1) is 0 Å². The molecule has 180 valence electrons. The third-order valence-corrected chi connectivity index (χ3v) is 5.63. The number of carboxylic acid groups (broad SMARTS) is 1. The summed E-state index contributed by atoms with van der Waals surface area (Å²) in [6.07, 6.45) is 4.63. The highest BCUT2D eigenvalue weighted by molar-refractivity contribution is 7.98. The lowest BCUT2D eigenvalue weighted by Crippen LogP contribution is -2.58. The van der Waals surface area contributed by atoms with E-state index >= 15 is 0 Å². The van der Waals surface area contributed by atoms with Crippen LogP contribution >= 0.6 is 23.5 Å². The van der Waals surface area contributed by atoms with Gasteiger partial charge < -0.3 is 31.9 Å². The molecule has 0 aromatic rings. The molecule has 31 heavy (non-hydrogen) atoms. The van der Waals surface area contributed by atoms with Crippen LogP contribution < -0.4 is 21.7 Å². The molecule has 0 bridgehead atoms. The molecule has 12 heteroatoms. The fourth-order valence-corrected chi connectivity index (χ4v) is 3.57. The molecule has 0 saturated carbocycles. The van der Waals surface area contributed by atoms with Crippen LogP contribution in [0.3, 0.4) is 0 Å². The summed E-state index contributed by atoms with van der Waals surface area (Å²) in [5.74, 6) is -1.83. The summed E-state index contributed by atoms with van der Waals surface area (Å²) in [6.45, 7) is 3.14. The van der Waals surface area contributed by atoms with Crippen LogP contribution in [0.2, 0.25) is 0 Å². The number of rotatable bonds is 16. The predicted octanol–water partition coefficient (Wildman–Crippen LogP) is -0.603. The second-order valence-corrected chi connectivity index (χ2v) is 9.47. The lowest BCUT2D eigenvalue weighted by molar-refractivity contribution is -0.142. The van der Waals surface area contributed by atoms with Crippen molar-refractivity contribution in [3.8, 4) is 0 Å². The van der Waals surface area contributed by atoms with Crippen LogP contribution in [-0.4, -0.2) is 88.7 Å². The molecule has 0 saturated heterocycles. The number of thioether (sulfide) groups is 2. The van der Waals surface area contributed by atoms with Gasteiger partial charge in [-0.25, -0.2) is 4.79 Å². The third kappa shape index (κ3) is 12.2. The normalized spacial score (nSPS) is 14.9. The summed E-state index contributed by atoms with van der Waals surface area (Å²) in [4.78, 5) is 48.8. The summed E-state index contributed by atoms with van der Waals surface area (Å²) in [7, 11) is 0. The number of aliphatic hydroxyl groups excluding tert-OH is 1. The van der Waals surface area contributed by atoms with Crippen LogP contribution in [0.4, 0.5) is 0 Å². The number of aliphatic hydroxyl groups is 1. The van der Waals surface area contributed by atoms with Gasteiger partial charge in [-0.1, -0.05) is 13.8 Å². The average Bonchev–Trinajstić information content (AvgIpc) is 2.70. The van der Waals surface area contributed by atoms with Crippen LogP contribution in [0.25, 0.3) is 0 Å². The van der Waals surface area contributed by atoms with E-state index in [2.05, 4.69) is 16.0 Å². The molecule has 3 amide bonds. The second kappa shape index (κ2) is 16.2. The summed E-state index contributed by atoms with van der Waals surface area (Å²) >= 11 is 2.92. The Morgan fingerprint density at radius 2 is 1.29 bits per heavy atom. The van der Waals surface area contributed by atoms with Gasteiger partial charge in [0.25, 0.3) is 0 Å². The Hall–Kier alpha value is -1.50. The Morgan fingerprint density at radius 3 is 1.74 bits per heavy atom. The van der Waals surface area contributed by atoms with Crippen LogP contribution in [0.15, 0.2) is 0 Å². The van der Waals surface area contributed by atoms with Gasteiger partial charge in [-0.2, -0.15) is 23.5 Å². The summed E-state index contributed by atoms with van der Waals surface area (Å²) < 4.78 is 0. The van der Waals surface area contributed by atoms with Crippen molar-refractivity contribution in [1.82, 2.24) is 16.0 Å². The zero-order valence-electron chi connectivity index (χ0n) is 18.6. The van der Waals surface area contributed by atoms with E-state index in [1.54, 1.807) is 0 Å². The van der Waals surface area contributed by atoms with Crippen molar-refractivity contribution in [2.45, 2.75) is 57.3 Å². The number of hydrogen-bond acceptors (Lipinski definition) is 8. The highest BCUT2D eigenvalue weighted by Crippen LogP contribution is 2.06. The topological polar surface area (TPSA) is 171 Å². The Morgan fingerprint density at radius 1 is 0.839 bits per heavy atom. The molecule has 10 nitrogen and oxygen atoms in total. The van der Waals surface area contributed by atoms with E-state index in [9.17, 15) is 29.4 Å². The molecule has 0 rings (SSSR count). The molecule has 0 aromatic carbocycles. The molecule has 0 aromatic heterocycles. The molecule has 0 aliphatic rings. The van der Waals surface area contributed by atoms with E-state index in [4.69, 9.17) is 5.73 Å². The fraction of sp³-hybridized carbons (Fsp3) is 0.789. The van der Waals surface area contributed by atoms with Gasteiger partial charge in [-0.3, -0.25) is 14.4 Å². The van der Waals surface area contributed by atoms with Gasteiger partial charge in [0, 0.05) is 0 Å². The SMILES string of the molecule is CSCCC(NC(=O)C(CO)NC(=O)C(CCSC)NC(=O)C(N)CC(C)C)C(=O)O. The molecule has 4 atom stereocenters. The van der Waals surface area contributed by atoms with Crippen molar-refractivity contribution in [3.63, 3.8) is 0 Å². The molecule has 0 fully saturated rings. The number of carbonyl (C=O) groups excluding carboxylic acids is 3. The molecule has 0 aliphatic heterocycles. The van der Waals surface area contributed by atoms with Gasteiger partial charge >= 0.3 is 5.97 Å². The number of carbonyl (C=O) groups is 4. The Kier molecular flexibility index (Phi) is 15.4. The average molecular weight is 481 g/mol. The Bertz CT molecular complexity index is 594. The summed E-state index contributed by atoms with van der Waals surface area (Å²) in [5.41, 5.74) is 5.88. The largest absolute Gasteiger partial charge is 0.480 e. The second-order valence-electron chi connectivity index (χ2n) is 7.50. The number of nitrogens with one attached hydrogen (secondary N) is 3. The minimum atomic E-state index is -1.35. The Labute approximate surface area is 192 Å². The van der Waals surface area contributed by atoms with Gasteiger partial charge in [0.1, 0.15) is 18.1 Å². The molecule has 0 spiro atoms. The lowest BCUT2D eigenvalue weighted by Gasteiger charge is -2.24. The third-order valence-electron chi connectivity index (χ3n) is 4.35. The molecule has 0 heterocycles. The number of carboxylic acids is 1. The van der Waals surface area contributed by atoms with Gasteiger partial charge in [-0.05, 0) is 49.2 Å². The van der Waals surface area contributed by atoms with Crippen molar-refractivity contribution in [3.05, 3.63) is 0 Å². The van der Waals surface area contributed by atoms with Crippen LogP contribution in [0, 0.1) is 5.92 Å². The van der Waals surface area contributed by atoms with E-state index < -0.39 is 54.5 Å².